The van der Waals surface area contributed by atoms with E-state index >= 15 is 0 Å². The molecule has 0 spiro atoms. The van der Waals surface area contributed by atoms with Crippen molar-refractivity contribution in [3.8, 4) is 0 Å². The Morgan fingerprint density at radius 2 is 1.13 bits per heavy atom. The highest BCUT2D eigenvalue weighted by molar-refractivity contribution is 5.99. The van der Waals surface area contributed by atoms with Gasteiger partial charge in [-0.2, -0.15) is 26.3 Å². The van der Waals surface area contributed by atoms with Gasteiger partial charge in [-0.05, 0) is 47.9 Å². The average Bonchev–Trinajstić information content (AvgIpc) is 2.68. The molecule has 0 saturated carbocycles. The van der Waals surface area contributed by atoms with Gasteiger partial charge in [0.15, 0.2) is 0 Å². The third kappa shape index (κ3) is 6.24. The van der Waals surface area contributed by atoms with Crippen molar-refractivity contribution in [2.45, 2.75) is 18.8 Å². The topological polar surface area (TPSA) is 41.1 Å². The Morgan fingerprint density at radius 1 is 0.645 bits per heavy atom. The second kappa shape index (κ2) is 8.71. The first-order chi connectivity index (χ1) is 14.5. The molecular weight excluding hydrogens is 422 g/mol. The third-order valence-corrected chi connectivity index (χ3v) is 4.31. The van der Waals surface area contributed by atoms with Crippen LogP contribution in [0, 0.1) is 0 Å². The Labute approximate surface area is 173 Å². The van der Waals surface area contributed by atoms with Crippen LogP contribution < -0.4 is 10.6 Å². The van der Waals surface area contributed by atoms with Gasteiger partial charge in [-0.15, -0.1) is 0 Å². The fourth-order valence-electron chi connectivity index (χ4n) is 2.86. The summed E-state index contributed by atoms with van der Waals surface area (Å²) in [5.41, 5.74) is -1.26. The molecule has 0 aliphatic heterocycles. The lowest BCUT2D eigenvalue weighted by Crippen LogP contribution is -2.20. The zero-order valence-electron chi connectivity index (χ0n) is 15.8. The van der Waals surface area contributed by atoms with Crippen LogP contribution in [0.1, 0.15) is 22.3 Å². The summed E-state index contributed by atoms with van der Waals surface area (Å²) < 4.78 is 77.5. The van der Waals surface area contributed by atoms with E-state index in [1.54, 1.807) is 24.3 Å². The van der Waals surface area contributed by atoms with Gasteiger partial charge in [-0.3, -0.25) is 0 Å². The molecule has 3 aromatic rings. The fourth-order valence-corrected chi connectivity index (χ4v) is 2.86. The Bertz CT molecular complexity index is 1010. The number of halogens is 6. The summed E-state index contributed by atoms with van der Waals surface area (Å²) in [6.07, 6.45) is -9.33. The molecule has 0 saturated heterocycles. The van der Waals surface area contributed by atoms with E-state index in [2.05, 4.69) is 5.32 Å². The molecule has 0 aliphatic carbocycles. The second-order valence-electron chi connectivity index (χ2n) is 6.73. The molecule has 0 bridgehead atoms. The molecule has 2 N–H and O–H groups in total. The van der Waals surface area contributed by atoms with Crippen LogP contribution in [0.5, 0.6) is 0 Å². The molecule has 0 atom stereocenters. The molecule has 0 fully saturated rings. The zero-order chi connectivity index (χ0) is 22.6. The van der Waals surface area contributed by atoms with Gasteiger partial charge in [-0.25, -0.2) is 4.79 Å². The lowest BCUT2D eigenvalue weighted by atomic mass is 10.0. The van der Waals surface area contributed by atoms with Crippen LogP contribution in [-0.4, -0.2) is 6.03 Å². The van der Waals surface area contributed by atoms with Crippen molar-refractivity contribution in [3.63, 3.8) is 0 Å². The smallest absolute Gasteiger partial charge is 0.308 e. The molecule has 2 amide bonds. The van der Waals surface area contributed by atoms with Crippen molar-refractivity contribution in [2.24, 2.45) is 0 Å². The second-order valence-corrected chi connectivity index (χ2v) is 6.73. The molecular formula is C22H16F6N2O. The molecule has 9 heteroatoms. The van der Waals surface area contributed by atoms with Crippen LogP contribution >= 0.6 is 0 Å². The summed E-state index contributed by atoms with van der Waals surface area (Å²) in [7, 11) is 0. The Balaban J connectivity index is 1.70. The van der Waals surface area contributed by atoms with Gasteiger partial charge in [0.25, 0.3) is 0 Å². The largest absolute Gasteiger partial charge is 0.416 e. The number of carbonyl (C=O) groups is 1. The van der Waals surface area contributed by atoms with Crippen molar-refractivity contribution in [3.05, 3.63) is 95.1 Å². The average molecular weight is 438 g/mol. The van der Waals surface area contributed by atoms with Crippen LogP contribution in [0.4, 0.5) is 42.5 Å². The number of rotatable bonds is 4. The van der Waals surface area contributed by atoms with E-state index in [0.717, 1.165) is 11.1 Å². The summed E-state index contributed by atoms with van der Waals surface area (Å²) in [6, 6.07) is 16.2. The maximum absolute atomic E-state index is 12.9. The minimum Gasteiger partial charge on any atom is -0.308 e. The summed E-state index contributed by atoms with van der Waals surface area (Å²) >= 11 is 0. The van der Waals surface area contributed by atoms with Crippen LogP contribution in [0.2, 0.25) is 0 Å². The number of benzene rings is 3. The van der Waals surface area contributed by atoms with E-state index in [1.807, 2.05) is 35.6 Å². The van der Waals surface area contributed by atoms with Crippen molar-refractivity contribution < 1.29 is 31.1 Å². The number of anilines is 2. The predicted molar refractivity (Wildman–Crippen MR) is 105 cm³/mol. The Hall–Kier alpha value is -3.49. The lowest BCUT2D eigenvalue weighted by Gasteiger charge is -2.15. The highest BCUT2D eigenvalue weighted by Crippen LogP contribution is 2.37. The van der Waals surface area contributed by atoms with Gasteiger partial charge in [0.2, 0.25) is 0 Å². The number of alkyl halides is 6. The van der Waals surface area contributed by atoms with E-state index in [4.69, 9.17) is 0 Å². The third-order valence-electron chi connectivity index (χ3n) is 4.31. The summed E-state index contributed by atoms with van der Waals surface area (Å²) in [4.78, 5) is 12.1. The number of hydrogen-bond acceptors (Lipinski definition) is 1. The lowest BCUT2D eigenvalue weighted by molar-refractivity contribution is -0.143. The monoisotopic (exact) mass is 438 g/mol. The van der Waals surface area contributed by atoms with Gasteiger partial charge in [0.05, 0.1) is 11.1 Å². The molecule has 3 nitrogen and oxygen atoms in total. The highest BCUT2D eigenvalue weighted by atomic mass is 19.4. The summed E-state index contributed by atoms with van der Waals surface area (Å²) in [5, 5.41) is 4.41. The molecule has 162 valence electrons. The van der Waals surface area contributed by atoms with Gasteiger partial charge in [0, 0.05) is 11.4 Å². The standard InChI is InChI=1S/C22H16F6N2O/c23-21(24,25)16-11-17(22(26,27)28)13-19(12-16)30-20(31)29-18-8-6-15(7-9-18)10-14-4-2-1-3-5-14/h1-9,11-13H,10H2,(H2,29,30,31). The van der Waals surface area contributed by atoms with Crippen molar-refractivity contribution >= 4 is 17.4 Å². The Kier molecular flexibility index (Phi) is 6.24. The van der Waals surface area contributed by atoms with E-state index in [-0.39, 0.29) is 6.07 Å². The van der Waals surface area contributed by atoms with E-state index in [1.165, 1.54) is 0 Å². The van der Waals surface area contributed by atoms with Crippen molar-refractivity contribution in [2.75, 3.05) is 10.6 Å². The molecule has 3 aromatic carbocycles. The normalized spacial score (nSPS) is 11.8. The van der Waals surface area contributed by atoms with Crippen LogP contribution in [0.3, 0.4) is 0 Å². The summed E-state index contributed by atoms with van der Waals surface area (Å²) in [6.45, 7) is 0. The van der Waals surface area contributed by atoms with E-state index in [9.17, 15) is 31.1 Å². The number of urea groups is 1. The van der Waals surface area contributed by atoms with Crippen LogP contribution in [0.25, 0.3) is 0 Å². The molecule has 0 heterocycles. The van der Waals surface area contributed by atoms with Gasteiger partial charge in [0.1, 0.15) is 0 Å². The molecule has 31 heavy (non-hydrogen) atoms. The predicted octanol–water partition coefficient (Wildman–Crippen LogP) is 6.96. The van der Waals surface area contributed by atoms with E-state index in [0.29, 0.717) is 24.2 Å². The van der Waals surface area contributed by atoms with Crippen LogP contribution in [0.15, 0.2) is 72.8 Å². The van der Waals surface area contributed by atoms with Crippen LogP contribution in [-0.2, 0) is 18.8 Å². The summed E-state index contributed by atoms with van der Waals surface area (Å²) in [5.74, 6) is 0. The zero-order valence-corrected chi connectivity index (χ0v) is 15.8. The SMILES string of the molecule is O=C(Nc1ccc(Cc2ccccc2)cc1)Nc1cc(C(F)(F)F)cc(C(F)(F)F)c1. The fraction of sp³-hybridized carbons (Fsp3) is 0.136. The minimum absolute atomic E-state index is 0.00541. The van der Waals surface area contributed by atoms with Crippen molar-refractivity contribution in [1.29, 1.82) is 0 Å². The van der Waals surface area contributed by atoms with Gasteiger partial charge in [-0.1, -0.05) is 42.5 Å². The first-order valence-corrected chi connectivity index (χ1v) is 9.01. The van der Waals surface area contributed by atoms with E-state index < -0.39 is 35.2 Å². The molecule has 0 unspecified atom stereocenters. The molecule has 0 aromatic heterocycles. The number of nitrogens with one attached hydrogen (secondary N) is 2. The minimum atomic E-state index is -5.00. The maximum Gasteiger partial charge on any atom is 0.416 e. The van der Waals surface area contributed by atoms with Gasteiger partial charge < -0.3 is 10.6 Å². The first kappa shape index (κ1) is 22.2. The number of hydrogen-bond donors (Lipinski definition) is 2. The molecule has 0 radical (unpaired) electrons. The van der Waals surface area contributed by atoms with Gasteiger partial charge >= 0.3 is 18.4 Å². The maximum atomic E-state index is 12.9. The number of carbonyl (C=O) groups excluding carboxylic acids is 1. The molecule has 0 aliphatic rings. The van der Waals surface area contributed by atoms with Crippen molar-refractivity contribution in [1.82, 2.24) is 0 Å². The first-order valence-electron chi connectivity index (χ1n) is 9.01. The molecule has 3 rings (SSSR count). The highest BCUT2D eigenvalue weighted by Gasteiger charge is 2.37. The Morgan fingerprint density at radius 3 is 1.65 bits per heavy atom. The quantitative estimate of drug-likeness (QED) is 0.425. The number of amides is 2.